The number of halogens is 1. The first-order valence-electron chi connectivity index (χ1n) is 7.17. The van der Waals surface area contributed by atoms with Gasteiger partial charge >= 0.3 is 0 Å². The van der Waals surface area contributed by atoms with Gasteiger partial charge in [-0.25, -0.2) is 0 Å². The first kappa shape index (κ1) is 16.5. The third-order valence-corrected chi connectivity index (χ3v) is 4.51. The van der Waals surface area contributed by atoms with E-state index in [-0.39, 0.29) is 5.91 Å². The van der Waals surface area contributed by atoms with Crippen LogP contribution in [0, 0.1) is 20.8 Å². The Morgan fingerprint density at radius 3 is 2.45 bits per heavy atom. The van der Waals surface area contributed by atoms with E-state index in [0.717, 1.165) is 22.6 Å². The van der Waals surface area contributed by atoms with Crippen molar-refractivity contribution in [3.63, 3.8) is 0 Å². The average molecular weight is 324 g/mol. The van der Waals surface area contributed by atoms with Crippen LogP contribution in [0.2, 0.25) is 5.02 Å². The SMILES string of the molecule is Cc1nn(C)c(C)c1CN(C)C(=O)[C@@H](C)n1ncc(Cl)c1C. The van der Waals surface area contributed by atoms with Gasteiger partial charge < -0.3 is 4.90 Å². The Balaban J connectivity index is 2.17. The van der Waals surface area contributed by atoms with Crippen LogP contribution in [0.3, 0.4) is 0 Å². The molecule has 0 aliphatic carbocycles. The summed E-state index contributed by atoms with van der Waals surface area (Å²) in [5.41, 5.74) is 3.90. The molecule has 0 unspecified atom stereocenters. The van der Waals surface area contributed by atoms with E-state index < -0.39 is 6.04 Å². The second-order valence-corrected chi connectivity index (χ2v) is 6.07. The lowest BCUT2D eigenvalue weighted by molar-refractivity contribution is -0.133. The topological polar surface area (TPSA) is 56.0 Å². The minimum atomic E-state index is -0.394. The molecule has 0 saturated heterocycles. The molecule has 2 rings (SSSR count). The number of carbonyl (C=O) groups excluding carboxylic acids is 1. The van der Waals surface area contributed by atoms with Crippen molar-refractivity contribution >= 4 is 17.5 Å². The highest BCUT2D eigenvalue weighted by Crippen LogP contribution is 2.20. The molecule has 6 nitrogen and oxygen atoms in total. The zero-order chi connectivity index (χ0) is 16.6. The van der Waals surface area contributed by atoms with Crippen LogP contribution >= 0.6 is 11.6 Å². The highest BCUT2D eigenvalue weighted by Gasteiger charge is 2.23. The van der Waals surface area contributed by atoms with Gasteiger partial charge in [-0.15, -0.1) is 0 Å². The van der Waals surface area contributed by atoms with Crippen molar-refractivity contribution in [3.8, 4) is 0 Å². The molecule has 0 N–H and O–H groups in total. The van der Waals surface area contributed by atoms with E-state index in [2.05, 4.69) is 10.2 Å². The molecule has 1 atom stereocenters. The molecule has 0 aliphatic rings. The molecular formula is C15H22ClN5O. The molecule has 0 aliphatic heterocycles. The van der Waals surface area contributed by atoms with E-state index in [1.54, 1.807) is 22.8 Å². The lowest BCUT2D eigenvalue weighted by Crippen LogP contribution is -2.33. The molecule has 0 fully saturated rings. The van der Waals surface area contributed by atoms with Crippen LogP contribution in [0.25, 0.3) is 0 Å². The Morgan fingerprint density at radius 2 is 2.00 bits per heavy atom. The maximum atomic E-state index is 12.6. The number of carbonyl (C=O) groups is 1. The normalized spacial score (nSPS) is 12.5. The van der Waals surface area contributed by atoms with Crippen molar-refractivity contribution in [1.29, 1.82) is 0 Å². The highest BCUT2D eigenvalue weighted by molar-refractivity contribution is 6.31. The summed E-state index contributed by atoms with van der Waals surface area (Å²) in [5, 5.41) is 9.14. The Hall–Kier alpha value is -1.82. The van der Waals surface area contributed by atoms with Gasteiger partial charge in [0.15, 0.2) is 0 Å². The van der Waals surface area contributed by atoms with Crippen LogP contribution in [-0.2, 0) is 18.4 Å². The maximum Gasteiger partial charge on any atom is 0.247 e. The molecule has 0 saturated carbocycles. The van der Waals surface area contributed by atoms with Gasteiger partial charge in [-0.1, -0.05) is 11.6 Å². The number of likely N-dealkylation sites (N-methyl/N-ethyl adjacent to an activating group) is 1. The Morgan fingerprint density at radius 1 is 1.36 bits per heavy atom. The number of aryl methyl sites for hydroxylation is 2. The van der Waals surface area contributed by atoms with E-state index in [0.29, 0.717) is 11.6 Å². The van der Waals surface area contributed by atoms with E-state index in [1.165, 1.54) is 0 Å². The molecule has 0 spiro atoms. The summed E-state index contributed by atoms with van der Waals surface area (Å²) in [6, 6.07) is -0.394. The quantitative estimate of drug-likeness (QED) is 0.868. The predicted molar refractivity (Wildman–Crippen MR) is 85.8 cm³/mol. The van der Waals surface area contributed by atoms with Crippen molar-refractivity contribution in [2.24, 2.45) is 7.05 Å². The zero-order valence-electron chi connectivity index (χ0n) is 13.9. The van der Waals surface area contributed by atoms with Gasteiger partial charge in [-0.05, 0) is 27.7 Å². The van der Waals surface area contributed by atoms with E-state index in [9.17, 15) is 4.79 Å². The molecule has 2 aromatic heterocycles. The van der Waals surface area contributed by atoms with Gasteiger partial charge in [0, 0.05) is 31.9 Å². The predicted octanol–water partition coefficient (Wildman–Crippen LogP) is 2.41. The molecule has 22 heavy (non-hydrogen) atoms. The summed E-state index contributed by atoms with van der Waals surface area (Å²) in [5.74, 6) is -0.00878. The number of rotatable bonds is 4. The Labute approximate surface area is 135 Å². The van der Waals surface area contributed by atoms with Crippen LogP contribution in [-0.4, -0.2) is 37.4 Å². The lowest BCUT2D eigenvalue weighted by Gasteiger charge is -2.22. The van der Waals surface area contributed by atoms with E-state index in [1.807, 2.05) is 39.4 Å². The van der Waals surface area contributed by atoms with Crippen LogP contribution in [0.4, 0.5) is 0 Å². The highest BCUT2D eigenvalue weighted by atomic mass is 35.5. The summed E-state index contributed by atoms with van der Waals surface area (Å²) in [4.78, 5) is 14.3. The summed E-state index contributed by atoms with van der Waals surface area (Å²) in [6.07, 6.45) is 1.57. The summed E-state index contributed by atoms with van der Waals surface area (Å²) in [6.45, 7) is 8.19. The van der Waals surface area contributed by atoms with Crippen molar-refractivity contribution in [2.45, 2.75) is 40.3 Å². The number of hydrogen-bond donors (Lipinski definition) is 0. The van der Waals surface area contributed by atoms with Gasteiger partial charge in [-0.2, -0.15) is 10.2 Å². The first-order valence-corrected chi connectivity index (χ1v) is 7.55. The summed E-state index contributed by atoms with van der Waals surface area (Å²) >= 11 is 6.01. The van der Waals surface area contributed by atoms with Crippen molar-refractivity contribution in [3.05, 3.63) is 33.9 Å². The molecule has 2 aromatic rings. The lowest BCUT2D eigenvalue weighted by atomic mass is 10.1. The third kappa shape index (κ3) is 2.88. The van der Waals surface area contributed by atoms with Crippen molar-refractivity contribution in [2.75, 3.05) is 7.05 Å². The van der Waals surface area contributed by atoms with Crippen molar-refractivity contribution in [1.82, 2.24) is 24.5 Å². The largest absolute Gasteiger partial charge is 0.339 e. The van der Waals surface area contributed by atoms with Gasteiger partial charge in [0.2, 0.25) is 5.91 Å². The fraction of sp³-hybridized carbons (Fsp3) is 0.533. The monoisotopic (exact) mass is 323 g/mol. The standard InChI is InChI=1S/C15H22ClN5O/c1-9-13(10(2)20(6)18-9)8-19(5)15(22)12(4)21-11(3)14(16)7-17-21/h7,12H,8H2,1-6H3/t12-/m1/s1. The number of amides is 1. The maximum absolute atomic E-state index is 12.6. The fourth-order valence-electron chi connectivity index (χ4n) is 2.58. The van der Waals surface area contributed by atoms with Gasteiger partial charge in [0.1, 0.15) is 6.04 Å². The zero-order valence-corrected chi connectivity index (χ0v) is 14.6. The number of hydrogen-bond acceptors (Lipinski definition) is 3. The first-order chi connectivity index (χ1) is 10.2. The molecule has 2 heterocycles. The molecule has 1 amide bonds. The number of nitrogens with zero attached hydrogens (tertiary/aromatic N) is 5. The van der Waals surface area contributed by atoms with Crippen LogP contribution in [0.15, 0.2) is 6.20 Å². The smallest absolute Gasteiger partial charge is 0.247 e. The van der Waals surface area contributed by atoms with E-state index in [4.69, 9.17) is 11.6 Å². The second-order valence-electron chi connectivity index (χ2n) is 5.67. The van der Waals surface area contributed by atoms with Crippen LogP contribution < -0.4 is 0 Å². The summed E-state index contributed by atoms with van der Waals surface area (Å²) < 4.78 is 3.49. The third-order valence-electron chi connectivity index (χ3n) is 4.14. The molecule has 0 radical (unpaired) electrons. The minimum absolute atomic E-state index is 0.00878. The molecule has 7 heteroatoms. The number of aromatic nitrogens is 4. The Kier molecular flexibility index (Phi) is 4.60. The second kappa shape index (κ2) is 6.12. The molecular weight excluding hydrogens is 302 g/mol. The van der Waals surface area contributed by atoms with Gasteiger partial charge in [0.25, 0.3) is 0 Å². The minimum Gasteiger partial charge on any atom is -0.339 e. The molecule has 0 aromatic carbocycles. The van der Waals surface area contributed by atoms with Crippen LogP contribution in [0.1, 0.15) is 35.6 Å². The average Bonchev–Trinajstić information content (AvgIpc) is 2.92. The van der Waals surface area contributed by atoms with Crippen LogP contribution in [0.5, 0.6) is 0 Å². The molecule has 120 valence electrons. The summed E-state index contributed by atoms with van der Waals surface area (Å²) in [7, 11) is 3.70. The van der Waals surface area contributed by atoms with Crippen molar-refractivity contribution < 1.29 is 4.79 Å². The van der Waals surface area contributed by atoms with Gasteiger partial charge in [-0.3, -0.25) is 14.2 Å². The fourth-order valence-corrected chi connectivity index (χ4v) is 2.71. The Bertz CT molecular complexity index is 703. The van der Waals surface area contributed by atoms with Gasteiger partial charge in [0.05, 0.1) is 22.6 Å². The van der Waals surface area contributed by atoms with E-state index >= 15 is 0 Å². The molecule has 0 bridgehead atoms.